The van der Waals surface area contributed by atoms with Gasteiger partial charge >= 0.3 is 0 Å². The molecule has 30 heavy (non-hydrogen) atoms. The summed E-state index contributed by atoms with van der Waals surface area (Å²) in [5.41, 5.74) is 2.82. The standard InChI is InChI=1S/C23H31F2N3O2/c1-22(2,3)17-7-8-19-18(14-17)26-21(30-19)28-11-5-10-27(12-13-28)20(29)16-6-4-9-23(24,25)15-16/h7-8,14,16H,4-6,9-13,15H2,1-3H3. The van der Waals surface area contributed by atoms with Crippen LogP contribution >= 0.6 is 0 Å². The first-order chi connectivity index (χ1) is 14.1. The minimum Gasteiger partial charge on any atom is -0.423 e. The number of nitrogens with zero attached hydrogens (tertiary/aromatic N) is 3. The number of oxazole rings is 1. The number of anilines is 1. The van der Waals surface area contributed by atoms with E-state index >= 15 is 0 Å². The van der Waals surface area contributed by atoms with Crippen molar-refractivity contribution < 1.29 is 18.0 Å². The predicted octanol–water partition coefficient (Wildman–Crippen LogP) is 4.99. The van der Waals surface area contributed by atoms with Gasteiger partial charge in [-0.25, -0.2) is 8.78 Å². The highest BCUT2D eigenvalue weighted by molar-refractivity contribution is 5.79. The fourth-order valence-electron chi connectivity index (χ4n) is 4.49. The summed E-state index contributed by atoms with van der Waals surface area (Å²) in [4.78, 5) is 21.3. The number of amides is 1. The largest absolute Gasteiger partial charge is 0.423 e. The fourth-order valence-corrected chi connectivity index (χ4v) is 4.49. The molecule has 4 rings (SSSR count). The van der Waals surface area contributed by atoms with Gasteiger partial charge in [0.05, 0.1) is 0 Å². The number of hydrogen-bond acceptors (Lipinski definition) is 4. The third-order valence-corrected chi connectivity index (χ3v) is 6.31. The molecule has 1 unspecified atom stereocenters. The lowest BCUT2D eigenvalue weighted by atomic mass is 9.85. The quantitative estimate of drug-likeness (QED) is 0.688. The zero-order valence-corrected chi connectivity index (χ0v) is 18.1. The minimum absolute atomic E-state index is 0.0344. The summed E-state index contributed by atoms with van der Waals surface area (Å²) in [6.45, 7) is 8.91. The maximum Gasteiger partial charge on any atom is 0.298 e. The highest BCUT2D eigenvalue weighted by atomic mass is 19.3. The minimum atomic E-state index is -2.71. The SMILES string of the molecule is CC(C)(C)c1ccc2oc(N3CCCN(C(=O)C4CCCC(F)(F)C4)CC3)nc2c1. The molecule has 2 aliphatic rings. The van der Waals surface area contributed by atoms with Crippen LogP contribution in [0.3, 0.4) is 0 Å². The van der Waals surface area contributed by atoms with E-state index in [1.807, 2.05) is 6.07 Å². The van der Waals surface area contributed by atoms with Gasteiger partial charge in [0.25, 0.3) is 6.01 Å². The fraction of sp³-hybridized carbons (Fsp3) is 0.652. The lowest BCUT2D eigenvalue weighted by molar-refractivity contribution is -0.142. The summed E-state index contributed by atoms with van der Waals surface area (Å²) in [6, 6.07) is 6.66. The highest BCUT2D eigenvalue weighted by Crippen LogP contribution is 2.37. The number of fused-ring (bicyclic) bond motifs is 1. The molecule has 0 spiro atoms. The van der Waals surface area contributed by atoms with Crippen LogP contribution in [0.2, 0.25) is 0 Å². The van der Waals surface area contributed by atoms with Gasteiger partial charge in [-0.2, -0.15) is 4.98 Å². The summed E-state index contributed by atoms with van der Waals surface area (Å²) in [7, 11) is 0. The van der Waals surface area contributed by atoms with Gasteiger partial charge < -0.3 is 14.2 Å². The summed E-state index contributed by atoms with van der Waals surface area (Å²) < 4.78 is 33.5. The summed E-state index contributed by atoms with van der Waals surface area (Å²) in [6.07, 6.45) is 1.34. The maximum absolute atomic E-state index is 13.7. The van der Waals surface area contributed by atoms with E-state index in [2.05, 4.69) is 42.8 Å². The van der Waals surface area contributed by atoms with Crippen molar-refractivity contribution in [2.24, 2.45) is 5.92 Å². The molecular weight excluding hydrogens is 388 g/mol. The van der Waals surface area contributed by atoms with Gasteiger partial charge in [0, 0.05) is 44.9 Å². The van der Waals surface area contributed by atoms with Crippen LogP contribution in [0.25, 0.3) is 11.1 Å². The van der Waals surface area contributed by atoms with Crippen molar-refractivity contribution in [3.8, 4) is 0 Å². The van der Waals surface area contributed by atoms with E-state index in [4.69, 9.17) is 4.42 Å². The molecular formula is C23H31F2N3O2. The first kappa shape index (κ1) is 21.1. The van der Waals surface area contributed by atoms with E-state index < -0.39 is 11.8 Å². The Bertz CT molecular complexity index is 919. The lowest BCUT2D eigenvalue weighted by Crippen LogP contribution is -2.42. The third-order valence-electron chi connectivity index (χ3n) is 6.31. The molecule has 1 aliphatic heterocycles. The van der Waals surface area contributed by atoms with Crippen molar-refractivity contribution in [2.75, 3.05) is 31.1 Å². The molecule has 1 saturated carbocycles. The molecule has 1 atom stereocenters. The second-order valence-corrected chi connectivity index (χ2v) is 9.74. The van der Waals surface area contributed by atoms with Gasteiger partial charge in [0.15, 0.2) is 5.58 Å². The molecule has 0 N–H and O–H groups in total. The van der Waals surface area contributed by atoms with Crippen molar-refractivity contribution >= 4 is 23.0 Å². The number of alkyl halides is 2. The number of rotatable bonds is 2. The number of hydrogen-bond donors (Lipinski definition) is 0. The molecule has 0 bridgehead atoms. The van der Waals surface area contributed by atoms with Crippen molar-refractivity contribution in [1.82, 2.24) is 9.88 Å². The number of benzene rings is 1. The predicted molar refractivity (Wildman–Crippen MR) is 113 cm³/mol. The Hall–Kier alpha value is -2.18. The van der Waals surface area contributed by atoms with Crippen molar-refractivity contribution in [3.63, 3.8) is 0 Å². The van der Waals surface area contributed by atoms with E-state index in [-0.39, 0.29) is 24.2 Å². The monoisotopic (exact) mass is 419 g/mol. The van der Waals surface area contributed by atoms with Crippen LogP contribution in [0.1, 0.15) is 58.4 Å². The first-order valence-corrected chi connectivity index (χ1v) is 10.9. The molecule has 2 fully saturated rings. The molecule has 2 heterocycles. The average molecular weight is 420 g/mol. The molecule has 1 amide bonds. The van der Waals surface area contributed by atoms with Gasteiger partial charge in [-0.1, -0.05) is 26.8 Å². The van der Waals surface area contributed by atoms with Crippen LogP contribution in [0.5, 0.6) is 0 Å². The van der Waals surface area contributed by atoms with Crippen molar-refractivity contribution in [3.05, 3.63) is 23.8 Å². The van der Waals surface area contributed by atoms with E-state index in [0.717, 1.165) is 24.1 Å². The molecule has 7 heteroatoms. The van der Waals surface area contributed by atoms with Crippen LogP contribution in [-0.2, 0) is 10.2 Å². The Morgan fingerprint density at radius 3 is 2.70 bits per heavy atom. The van der Waals surface area contributed by atoms with Gasteiger partial charge in [0.2, 0.25) is 11.8 Å². The van der Waals surface area contributed by atoms with Crippen LogP contribution in [0.15, 0.2) is 22.6 Å². The van der Waals surface area contributed by atoms with E-state index in [9.17, 15) is 13.6 Å². The molecule has 1 aliphatic carbocycles. The smallest absolute Gasteiger partial charge is 0.298 e. The first-order valence-electron chi connectivity index (χ1n) is 10.9. The number of carbonyl (C=O) groups is 1. The molecule has 0 radical (unpaired) electrons. The van der Waals surface area contributed by atoms with Crippen LogP contribution in [-0.4, -0.2) is 47.9 Å². The Morgan fingerprint density at radius 1 is 1.17 bits per heavy atom. The van der Waals surface area contributed by atoms with Crippen molar-refractivity contribution in [1.29, 1.82) is 0 Å². The van der Waals surface area contributed by atoms with Gasteiger partial charge in [0.1, 0.15) is 5.52 Å². The molecule has 5 nitrogen and oxygen atoms in total. The van der Waals surface area contributed by atoms with E-state index in [1.54, 1.807) is 4.90 Å². The molecule has 1 aromatic heterocycles. The molecule has 1 saturated heterocycles. The molecule has 164 valence electrons. The van der Waals surface area contributed by atoms with Crippen LogP contribution in [0.4, 0.5) is 14.8 Å². The van der Waals surface area contributed by atoms with Crippen LogP contribution in [0, 0.1) is 5.92 Å². The zero-order valence-electron chi connectivity index (χ0n) is 18.1. The summed E-state index contributed by atoms with van der Waals surface area (Å²) in [5.74, 6) is -3.38. The Kier molecular flexibility index (Phi) is 5.49. The molecule has 2 aromatic rings. The Balaban J connectivity index is 1.44. The van der Waals surface area contributed by atoms with E-state index in [1.165, 1.54) is 5.56 Å². The summed E-state index contributed by atoms with van der Waals surface area (Å²) >= 11 is 0. The normalized spacial score (nSPS) is 22.9. The van der Waals surface area contributed by atoms with Gasteiger partial charge in [-0.3, -0.25) is 4.79 Å². The molecule has 1 aromatic carbocycles. The maximum atomic E-state index is 13.7. The van der Waals surface area contributed by atoms with Gasteiger partial charge in [-0.15, -0.1) is 0 Å². The zero-order chi connectivity index (χ0) is 21.5. The van der Waals surface area contributed by atoms with Crippen molar-refractivity contribution in [2.45, 2.75) is 64.2 Å². The number of carbonyl (C=O) groups excluding carboxylic acids is 1. The topological polar surface area (TPSA) is 49.6 Å². The lowest BCUT2D eigenvalue weighted by Gasteiger charge is -2.32. The second kappa shape index (κ2) is 7.82. The number of halogens is 2. The van der Waals surface area contributed by atoms with Crippen LogP contribution < -0.4 is 4.90 Å². The Labute approximate surface area is 176 Å². The highest BCUT2D eigenvalue weighted by Gasteiger charge is 2.40. The summed E-state index contributed by atoms with van der Waals surface area (Å²) in [5, 5.41) is 0. The van der Waals surface area contributed by atoms with E-state index in [0.29, 0.717) is 38.5 Å². The number of aromatic nitrogens is 1. The second-order valence-electron chi connectivity index (χ2n) is 9.74. The third kappa shape index (κ3) is 4.44. The average Bonchev–Trinajstić information content (AvgIpc) is 2.94. The van der Waals surface area contributed by atoms with Gasteiger partial charge in [-0.05, 0) is 42.4 Å². The Morgan fingerprint density at radius 2 is 1.97 bits per heavy atom.